The van der Waals surface area contributed by atoms with Crippen molar-refractivity contribution in [1.29, 1.82) is 0 Å². The third-order valence-corrected chi connectivity index (χ3v) is 4.22. The van der Waals surface area contributed by atoms with Crippen LogP contribution in [-0.4, -0.2) is 61.1 Å². The normalized spacial score (nSPS) is 30.3. The van der Waals surface area contributed by atoms with Crippen LogP contribution >= 0.6 is 0 Å². The van der Waals surface area contributed by atoms with Crippen LogP contribution in [0.15, 0.2) is 0 Å². The molecule has 2 rings (SSSR count). The van der Waals surface area contributed by atoms with E-state index in [9.17, 15) is 9.59 Å². The summed E-state index contributed by atoms with van der Waals surface area (Å²) in [6.07, 6.45) is 1.90. The van der Waals surface area contributed by atoms with Gasteiger partial charge in [0.1, 0.15) is 6.04 Å². The van der Waals surface area contributed by atoms with Crippen LogP contribution in [-0.2, 0) is 14.3 Å². The molecule has 0 radical (unpaired) electrons. The Hall–Kier alpha value is -1.14. The van der Waals surface area contributed by atoms with E-state index in [1.54, 1.807) is 4.90 Å². The number of carbonyl (C=O) groups is 2. The first-order chi connectivity index (χ1) is 10.0. The van der Waals surface area contributed by atoms with Crippen LogP contribution in [0, 0.1) is 5.92 Å². The second-order valence-corrected chi connectivity index (χ2v) is 6.28. The van der Waals surface area contributed by atoms with E-state index in [4.69, 9.17) is 4.74 Å². The van der Waals surface area contributed by atoms with Gasteiger partial charge in [0.2, 0.25) is 11.8 Å². The molecule has 0 aromatic carbocycles. The number of hydrogen-bond acceptors (Lipinski definition) is 4. The van der Waals surface area contributed by atoms with E-state index >= 15 is 0 Å². The lowest BCUT2D eigenvalue weighted by Crippen LogP contribution is -2.59. The van der Waals surface area contributed by atoms with Crippen LogP contribution < -0.4 is 10.6 Å². The summed E-state index contributed by atoms with van der Waals surface area (Å²) >= 11 is 0. The molecule has 2 amide bonds. The Bertz CT molecular complexity index is 386. The number of ether oxygens (including phenoxy) is 1. The summed E-state index contributed by atoms with van der Waals surface area (Å²) in [5.74, 6) is -0.0671. The van der Waals surface area contributed by atoms with Crippen molar-refractivity contribution >= 4 is 11.8 Å². The molecule has 6 heteroatoms. The molecule has 0 spiro atoms. The minimum absolute atomic E-state index is 0.0359. The van der Waals surface area contributed by atoms with Crippen LogP contribution in [0.25, 0.3) is 0 Å². The molecule has 2 aliphatic heterocycles. The molecule has 0 saturated carbocycles. The molecule has 0 bridgehead atoms. The van der Waals surface area contributed by atoms with Crippen molar-refractivity contribution in [2.24, 2.45) is 5.92 Å². The van der Waals surface area contributed by atoms with Gasteiger partial charge in [-0.3, -0.25) is 9.59 Å². The van der Waals surface area contributed by atoms with Gasteiger partial charge >= 0.3 is 0 Å². The summed E-state index contributed by atoms with van der Waals surface area (Å²) < 4.78 is 5.41. The maximum Gasteiger partial charge on any atom is 0.245 e. The minimum Gasteiger partial charge on any atom is -0.377 e. The fourth-order valence-corrected chi connectivity index (χ4v) is 3.06. The predicted molar refractivity (Wildman–Crippen MR) is 79.8 cm³/mol. The predicted octanol–water partition coefficient (Wildman–Crippen LogP) is 0.127. The van der Waals surface area contributed by atoms with E-state index in [-0.39, 0.29) is 29.8 Å². The quantitative estimate of drug-likeness (QED) is 0.777. The molecule has 2 heterocycles. The van der Waals surface area contributed by atoms with Crippen molar-refractivity contribution < 1.29 is 14.3 Å². The summed E-state index contributed by atoms with van der Waals surface area (Å²) in [6, 6.07) is -0.266. The zero-order chi connectivity index (χ0) is 15.4. The molecule has 2 fully saturated rings. The summed E-state index contributed by atoms with van der Waals surface area (Å²) in [5.41, 5.74) is 0. The highest BCUT2D eigenvalue weighted by Crippen LogP contribution is 2.21. The largest absolute Gasteiger partial charge is 0.377 e. The number of hydrogen-bond donors (Lipinski definition) is 2. The van der Waals surface area contributed by atoms with Gasteiger partial charge in [-0.05, 0) is 40.2 Å². The molecule has 3 unspecified atom stereocenters. The Kier molecular flexibility index (Phi) is 5.58. The third-order valence-electron chi connectivity index (χ3n) is 4.22. The van der Waals surface area contributed by atoms with E-state index in [0.29, 0.717) is 19.8 Å². The number of amides is 2. The number of nitrogens with one attached hydrogen (secondary N) is 2. The van der Waals surface area contributed by atoms with Gasteiger partial charge in [-0.1, -0.05) is 0 Å². The van der Waals surface area contributed by atoms with Gasteiger partial charge in [0.15, 0.2) is 0 Å². The number of rotatable bonds is 3. The smallest absolute Gasteiger partial charge is 0.245 e. The van der Waals surface area contributed by atoms with E-state index in [1.165, 1.54) is 0 Å². The average molecular weight is 297 g/mol. The van der Waals surface area contributed by atoms with Crippen molar-refractivity contribution in [2.45, 2.75) is 51.7 Å². The van der Waals surface area contributed by atoms with Crippen molar-refractivity contribution in [3.8, 4) is 0 Å². The van der Waals surface area contributed by atoms with Crippen LogP contribution in [0.5, 0.6) is 0 Å². The molecular weight excluding hydrogens is 270 g/mol. The lowest BCUT2D eigenvalue weighted by molar-refractivity contribution is -0.153. The zero-order valence-corrected chi connectivity index (χ0v) is 13.2. The van der Waals surface area contributed by atoms with Crippen molar-refractivity contribution in [3.63, 3.8) is 0 Å². The maximum absolute atomic E-state index is 12.8. The fourth-order valence-electron chi connectivity index (χ4n) is 3.06. The topological polar surface area (TPSA) is 70.7 Å². The van der Waals surface area contributed by atoms with Gasteiger partial charge in [0.05, 0.1) is 19.1 Å². The van der Waals surface area contributed by atoms with Gasteiger partial charge in [-0.25, -0.2) is 0 Å². The Labute approximate surface area is 126 Å². The molecular formula is C15H27N3O3. The molecule has 6 nitrogen and oxygen atoms in total. The Morgan fingerprint density at radius 1 is 1.38 bits per heavy atom. The first-order valence-electron chi connectivity index (χ1n) is 7.92. The van der Waals surface area contributed by atoms with Gasteiger partial charge in [-0.2, -0.15) is 0 Å². The second kappa shape index (κ2) is 7.22. The first kappa shape index (κ1) is 16.2. The van der Waals surface area contributed by atoms with Crippen LogP contribution in [0.2, 0.25) is 0 Å². The minimum atomic E-state index is -0.497. The van der Waals surface area contributed by atoms with E-state index < -0.39 is 6.04 Å². The molecule has 3 atom stereocenters. The fraction of sp³-hybridized carbons (Fsp3) is 0.867. The maximum atomic E-state index is 12.8. The molecule has 0 aliphatic carbocycles. The summed E-state index contributed by atoms with van der Waals surface area (Å²) in [4.78, 5) is 26.8. The Morgan fingerprint density at radius 3 is 2.81 bits per heavy atom. The molecule has 0 aromatic rings. The standard InChI is InChI=1S/C15H27N3O3/c1-10(2)17-14(19)13-9-21-8-7-18(13)15(20)12-5-4-6-16-11(12)3/h10-13,16H,4-9H2,1-3H3,(H,17,19). The van der Waals surface area contributed by atoms with Crippen LogP contribution in [0.4, 0.5) is 0 Å². The zero-order valence-electron chi connectivity index (χ0n) is 13.2. The van der Waals surface area contributed by atoms with Crippen molar-refractivity contribution in [3.05, 3.63) is 0 Å². The van der Waals surface area contributed by atoms with Gasteiger partial charge in [-0.15, -0.1) is 0 Å². The van der Waals surface area contributed by atoms with Crippen molar-refractivity contribution in [1.82, 2.24) is 15.5 Å². The molecule has 0 aromatic heterocycles. The van der Waals surface area contributed by atoms with Gasteiger partial charge in [0, 0.05) is 18.6 Å². The average Bonchev–Trinajstić information content (AvgIpc) is 2.46. The highest BCUT2D eigenvalue weighted by atomic mass is 16.5. The monoisotopic (exact) mass is 297 g/mol. The summed E-state index contributed by atoms with van der Waals surface area (Å²) in [6.45, 7) is 8.14. The lowest BCUT2D eigenvalue weighted by Gasteiger charge is -2.39. The molecule has 2 N–H and O–H groups in total. The highest BCUT2D eigenvalue weighted by Gasteiger charge is 2.38. The number of piperidine rings is 1. The van der Waals surface area contributed by atoms with E-state index in [0.717, 1.165) is 19.4 Å². The number of carbonyl (C=O) groups excluding carboxylic acids is 2. The second-order valence-electron chi connectivity index (χ2n) is 6.28. The summed E-state index contributed by atoms with van der Waals surface area (Å²) in [7, 11) is 0. The molecule has 120 valence electrons. The number of nitrogens with zero attached hydrogens (tertiary/aromatic N) is 1. The first-order valence-corrected chi connectivity index (χ1v) is 7.92. The lowest BCUT2D eigenvalue weighted by atomic mass is 9.90. The highest BCUT2D eigenvalue weighted by molar-refractivity contribution is 5.89. The van der Waals surface area contributed by atoms with Crippen LogP contribution in [0.1, 0.15) is 33.6 Å². The summed E-state index contributed by atoms with van der Waals surface area (Å²) in [5, 5.41) is 6.23. The molecule has 2 saturated heterocycles. The van der Waals surface area contributed by atoms with Crippen molar-refractivity contribution in [2.75, 3.05) is 26.3 Å². The molecule has 2 aliphatic rings. The van der Waals surface area contributed by atoms with Crippen LogP contribution in [0.3, 0.4) is 0 Å². The Balaban J connectivity index is 2.06. The SMILES string of the molecule is CC(C)NC(=O)C1COCCN1C(=O)C1CCCNC1C. The molecule has 21 heavy (non-hydrogen) atoms. The van der Waals surface area contributed by atoms with E-state index in [1.807, 2.05) is 20.8 Å². The number of morpholine rings is 1. The van der Waals surface area contributed by atoms with Gasteiger partial charge < -0.3 is 20.3 Å². The Morgan fingerprint density at radius 2 is 2.14 bits per heavy atom. The van der Waals surface area contributed by atoms with E-state index in [2.05, 4.69) is 10.6 Å². The third kappa shape index (κ3) is 3.95. The van der Waals surface area contributed by atoms with Gasteiger partial charge in [0.25, 0.3) is 0 Å².